The highest BCUT2D eigenvalue weighted by Crippen LogP contribution is 2.31. The Bertz CT molecular complexity index is 1020. The molecule has 0 bridgehead atoms. The van der Waals surface area contributed by atoms with Gasteiger partial charge < -0.3 is 24.1 Å². The molecule has 7 nitrogen and oxygen atoms in total. The van der Waals surface area contributed by atoms with E-state index in [0.717, 1.165) is 17.4 Å². The Labute approximate surface area is 188 Å². The van der Waals surface area contributed by atoms with Crippen LogP contribution in [0.2, 0.25) is 0 Å². The molecule has 1 N–H and O–H groups in total. The van der Waals surface area contributed by atoms with Crippen molar-refractivity contribution < 1.29 is 19.1 Å². The Balaban J connectivity index is 1.54. The van der Waals surface area contributed by atoms with Crippen LogP contribution in [0.1, 0.15) is 43.2 Å². The fraction of sp³-hybridized carbons (Fsp3) is 0.600. The summed E-state index contributed by atoms with van der Waals surface area (Å²) < 4.78 is 10.7. The van der Waals surface area contributed by atoms with Crippen molar-refractivity contribution in [2.75, 3.05) is 39.9 Å². The summed E-state index contributed by atoms with van der Waals surface area (Å²) in [6, 6.07) is 5.26. The van der Waals surface area contributed by atoms with Crippen LogP contribution in [0.15, 0.2) is 27.4 Å². The average molecular weight is 443 g/mol. The standard InChI is InChI=1S/C25H34N2O5/c1-17-20-9-8-19(28)14-23(20)32-25(30)21(17)15-24(29)27(12-13-31-2)16-18-6-5-11-26-10-4-3-7-22(18)26/h8-9,14,18,22,28H,3-7,10-13,15-16H2,1-2H3. The lowest BCUT2D eigenvalue weighted by molar-refractivity contribution is -0.132. The minimum atomic E-state index is -0.517. The largest absolute Gasteiger partial charge is 0.508 e. The molecular weight excluding hydrogens is 408 g/mol. The van der Waals surface area contributed by atoms with E-state index >= 15 is 0 Å². The highest BCUT2D eigenvalue weighted by atomic mass is 16.5. The molecule has 7 heteroatoms. The number of hydrogen-bond donors (Lipinski definition) is 1. The van der Waals surface area contributed by atoms with E-state index in [1.54, 1.807) is 19.2 Å². The fourth-order valence-corrected chi connectivity index (χ4v) is 5.44. The van der Waals surface area contributed by atoms with Crippen molar-refractivity contribution in [2.45, 2.75) is 51.5 Å². The van der Waals surface area contributed by atoms with E-state index in [2.05, 4.69) is 4.90 Å². The number of benzene rings is 1. The van der Waals surface area contributed by atoms with E-state index in [4.69, 9.17) is 9.15 Å². The second kappa shape index (κ2) is 10.0. The van der Waals surface area contributed by atoms with Crippen molar-refractivity contribution in [1.29, 1.82) is 0 Å². The molecule has 2 saturated heterocycles. The number of aryl methyl sites for hydroxylation is 1. The third-order valence-electron chi connectivity index (χ3n) is 7.20. The van der Waals surface area contributed by atoms with Crippen LogP contribution in [0, 0.1) is 12.8 Å². The van der Waals surface area contributed by atoms with Crippen LogP contribution in [-0.4, -0.2) is 66.8 Å². The number of nitrogens with zero attached hydrogens (tertiary/aromatic N) is 2. The number of phenolic OH excluding ortho intramolecular Hbond substituents is 1. The molecule has 2 atom stereocenters. The summed E-state index contributed by atoms with van der Waals surface area (Å²) in [5.41, 5.74) is 0.933. The highest BCUT2D eigenvalue weighted by Gasteiger charge is 2.34. The van der Waals surface area contributed by atoms with Crippen molar-refractivity contribution in [3.05, 3.63) is 39.7 Å². The normalized spacial score (nSPS) is 21.4. The summed E-state index contributed by atoms with van der Waals surface area (Å²) in [5.74, 6) is 0.435. The Kier molecular flexibility index (Phi) is 7.16. The minimum absolute atomic E-state index is 0.00972. The zero-order chi connectivity index (χ0) is 22.7. The van der Waals surface area contributed by atoms with E-state index in [-0.39, 0.29) is 18.1 Å². The zero-order valence-electron chi connectivity index (χ0n) is 19.1. The number of piperidine rings is 2. The first kappa shape index (κ1) is 22.8. The second-order valence-corrected chi connectivity index (χ2v) is 9.18. The molecule has 4 rings (SSSR count). The molecule has 2 fully saturated rings. The number of ether oxygens (including phenoxy) is 1. The van der Waals surface area contributed by atoms with E-state index < -0.39 is 5.63 Å². The molecule has 2 aliphatic rings. The lowest BCUT2D eigenvalue weighted by Gasteiger charge is -2.45. The molecule has 0 aliphatic carbocycles. The van der Waals surface area contributed by atoms with Crippen LogP contribution >= 0.6 is 0 Å². The lowest BCUT2D eigenvalue weighted by Crippen LogP contribution is -2.52. The number of carbonyl (C=O) groups excluding carboxylic acids is 1. The van der Waals surface area contributed by atoms with Crippen LogP contribution in [-0.2, 0) is 16.0 Å². The van der Waals surface area contributed by atoms with E-state index in [0.29, 0.717) is 42.8 Å². The average Bonchev–Trinajstić information content (AvgIpc) is 2.79. The van der Waals surface area contributed by atoms with Crippen molar-refractivity contribution in [3.8, 4) is 5.75 Å². The third-order valence-corrected chi connectivity index (χ3v) is 7.20. The Hall–Kier alpha value is -2.38. The van der Waals surface area contributed by atoms with Crippen LogP contribution in [0.25, 0.3) is 11.0 Å². The van der Waals surface area contributed by atoms with Gasteiger partial charge in [0.15, 0.2) is 0 Å². The van der Waals surface area contributed by atoms with Crippen molar-refractivity contribution >= 4 is 16.9 Å². The van der Waals surface area contributed by atoms with Crippen molar-refractivity contribution in [3.63, 3.8) is 0 Å². The predicted molar refractivity (Wildman–Crippen MR) is 123 cm³/mol. The number of phenols is 1. The number of amides is 1. The highest BCUT2D eigenvalue weighted by molar-refractivity contribution is 5.85. The number of methoxy groups -OCH3 is 1. The molecule has 0 radical (unpaired) electrons. The molecule has 0 spiro atoms. The summed E-state index contributed by atoms with van der Waals surface area (Å²) in [6.07, 6.45) is 6.06. The van der Waals surface area contributed by atoms with Gasteiger partial charge in [0.05, 0.1) is 18.6 Å². The lowest BCUT2D eigenvalue weighted by atomic mass is 9.83. The van der Waals surface area contributed by atoms with E-state index in [1.165, 1.54) is 44.8 Å². The van der Waals surface area contributed by atoms with Crippen molar-refractivity contribution in [2.24, 2.45) is 5.92 Å². The maximum absolute atomic E-state index is 13.4. The monoisotopic (exact) mass is 442 g/mol. The summed E-state index contributed by atoms with van der Waals surface area (Å²) >= 11 is 0. The van der Waals surface area contributed by atoms with E-state index in [1.807, 2.05) is 11.8 Å². The van der Waals surface area contributed by atoms with Gasteiger partial charge in [-0.25, -0.2) is 4.79 Å². The maximum Gasteiger partial charge on any atom is 0.340 e. The van der Waals surface area contributed by atoms with Gasteiger partial charge in [0.2, 0.25) is 5.91 Å². The molecular formula is C25H34N2O5. The van der Waals surface area contributed by atoms with Crippen LogP contribution in [0.3, 0.4) is 0 Å². The van der Waals surface area contributed by atoms with Crippen LogP contribution < -0.4 is 5.63 Å². The summed E-state index contributed by atoms with van der Waals surface area (Å²) in [7, 11) is 1.64. The summed E-state index contributed by atoms with van der Waals surface area (Å²) in [6.45, 7) is 5.86. The van der Waals surface area contributed by atoms with Crippen LogP contribution in [0.5, 0.6) is 5.75 Å². The van der Waals surface area contributed by atoms with Gasteiger partial charge in [0.1, 0.15) is 11.3 Å². The molecule has 1 aromatic heterocycles. The number of aromatic hydroxyl groups is 1. The van der Waals surface area contributed by atoms with Gasteiger partial charge in [-0.3, -0.25) is 4.79 Å². The molecule has 2 aromatic rings. The molecule has 1 amide bonds. The first-order valence-corrected chi connectivity index (χ1v) is 11.7. The number of fused-ring (bicyclic) bond motifs is 2. The Morgan fingerprint density at radius 1 is 1.25 bits per heavy atom. The summed E-state index contributed by atoms with van der Waals surface area (Å²) in [5, 5.41) is 10.4. The molecule has 3 heterocycles. The molecule has 32 heavy (non-hydrogen) atoms. The quantitative estimate of drug-likeness (QED) is 0.664. The fourth-order valence-electron chi connectivity index (χ4n) is 5.44. The smallest absolute Gasteiger partial charge is 0.340 e. The van der Waals surface area contributed by atoms with Gasteiger partial charge in [-0.15, -0.1) is 0 Å². The minimum Gasteiger partial charge on any atom is -0.508 e. The second-order valence-electron chi connectivity index (χ2n) is 9.18. The topological polar surface area (TPSA) is 83.2 Å². The predicted octanol–water partition coefficient (Wildman–Crippen LogP) is 3.09. The van der Waals surface area contributed by atoms with Crippen molar-refractivity contribution in [1.82, 2.24) is 9.80 Å². The number of carbonyl (C=O) groups is 1. The molecule has 2 unspecified atom stereocenters. The summed E-state index contributed by atoms with van der Waals surface area (Å²) in [4.78, 5) is 30.5. The maximum atomic E-state index is 13.4. The van der Waals surface area contributed by atoms with Crippen LogP contribution in [0.4, 0.5) is 0 Å². The third kappa shape index (κ3) is 4.84. The molecule has 2 aliphatic heterocycles. The zero-order valence-corrected chi connectivity index (χ0v) is 19.1. The van der Waals surface area contributed by atoms with Gasteiger partial charge in [0.25, 0.3) is 0 Å². The molecule has 174 valence electrons. The SMILES string of the molecule is COCCN(CC1CCCN2CCCCC12)C(=O)Cc1c(C)c2ccc(O)cc2oc1=O. The first-order valence-electron chi connectivity index (χ1n) is 11.7. The Morgan fingerprint density at radius 3 is 2.88 bits per heavy atom. The molecule has 1 aromatic carbocycles. The van der Waals surface area contributed by atoms with Gasteiger partial charge in [-0.1, -0.05) is 6.42 Å². The first-order chi connectivity index (χ1) is 15.5. The van der Waals surface area contributed by atoms with E-state index in [9.17, 15) is 14.7 Å². The number of hydrogen-bond acceptors (Lipinski definition) is 6. The van der Waals surface area contributed by atoms with Gasteiger partial charge in [-0.05, 0) is 69.3 Å². The van der Waals surface area contributed by atoms with Gasteiger partial charge in [-0.2, -0.15) is 0 Å². The van der Waals surface area contributed by atoms with Gasteiger partial charge in [0, 0.05) is 37.7 Å². The molecule has 0 saturated carbocycles. The van der Waals surface area contributed by atoms with Gasteiger partial charge >= 0.3 is 5.63 Å². The number of rotatable bonds is 7. The Morgan fingerprint density at radius 2 is 2.06 bits per heavy atom.